The van der Waals surface area contributed by atoms with E-state index in [1.165, 1.54) is 24.3 Å². The van der Waals surface area contributed by atoms with Gasteiger partial charge in [-0.05, 0) is 125 Å². The maximum absolute atomic E-state index is 12.8. The number of rotatable bonds is 10. The molecule has 7 rings (SSSR count). The number of hydrogen-bond acceptors (Lipinski definition) is 9. The van der Waals surface area contributed by atoms with Crippen LogP contribution in [0.4, 0.5) is 17.1 Å². The molecule has 3 amide bonds. The predicted molar refractivity (Wildman–Crippen MR) is 237 cm³/mol. The van der Waals surface area contributed by atoms with Crippen LogP contribution in [-0.4, -0.2) is 43.7 Å². The van der Waals surface area contributed by atoms with Crippen molar-refractivity contribution in [1.29, 1.82) is 0 Å². The van der Waals surface area contributed by atoms with Crippen molar-refractivity contribution in [2.24, 2.45) is 0 Å². The summed E-state index contributed by atoms with van der Waals surface area (Å²) in [5.74, 6) is -0.770. The molecule has 63 heavy (non-hydrogen) atoms. The smallest absolute Gasteiger partial charge is 0.261 e. The number of benzene rings is 5. The Morgan fingerprint density at radius 3 is 1.38 bits per heavy atom. The van der Waals surface area contributed by atoms with Crippen molar-refractivity contribution in [3.8, 4) is 0 Å². The fourth-order valence-electron chi connectivity index (χ4n) is 5.92. The van der Waals surface area contributed by atoms with Crippen molar-refractivity contribution in [2.45, 2.75) is 50.6 Å². The first-order valence-electron chi connectivity index (χ1n) is 19.5. The van der Waals surface area contributed by atoms with Gasteiger partial charge in [-0.3, -0.25) is 14.4 Å². The molecule has 5 aromatic carbocycles. The lowest BCUT2D eigenvalue weighted by Gasteiger charge is -2.09. The van der Waals surface area contributed by atoms with Crippen LogP contribution in [0.2, 0.25) is 0 Å². The highest BCUT2D eigenvalue weighted by atomic mass is 32.2. The van der Waals surface area contributed by atoms with Gasteiger partial charge in [-0.15, -0.1) is 0 Å². The molecule has 0 aliphatic rings. The second-order valence-corrected chi connectivity index (χ2v) is 16.8. The molecule has 14 nitrogen and oxygen atoms in total. The Bertz CT molecular complexity index is 2870. The van der Waals surface area contributed by atoms with Crippen LogP contribution in [0.3, 0.4) is 0 Å². The number of aromatic nitrogens is 2. The Morgan fingerprint density at radius 1 is 0.508 bits per heavy atom. The molecule has 0 aliphatic carbocycles. The summed E-state index contributed by atoms with van der Waals surface area (Å²) in [6, 6.07) is 38.4. The quantitative estimate of drug-likeness (QED) is 0.0952. The van der Waals surface area contributed by atoms with E-state index in [1.807, 2.05) is 74.1 Å². The van der Waals surface area contributed by atoms with Crippen LogP contribution in [0.25, 0.3) is 10.9 Å². The summed E-state index contributed by atoms with van der Waals surface area (Å²) in [5, 5.41) is 9.68. The van der Waals surface area contributed by atoms with Crippen molar-refractivity contribution in [3.63, 3.8) is 0 Å². The SMILES string of the molecule is CC[n+]1cccc(C(=O)Nc2ccc(NC(=O)c3ccc(C(=O)Nc4ccc5c(ccc[n+]5CC)c4)cc3)cc2)c1.Cc1ccc(S(=O)(=O)[O-])cc1.Cc1ccc(S(=O)(=O)[O-])cc1. The number of nitrogens with zero attached hydrogens (tertiary/aromatic N) is 2. The summed E-state index contributed by atoms with van der Waals surface area (Å²) in [5.41, 5.74) is 6.28. The summed E-state index contributed by atoms with van der Waals surface area (Å²) >= 11 is 0. The van der Waals surface area contributed by atoms with Crippen LogP contribution in [0.5, 0.6) is 0 Å². The molecule has 0 radical (unpaired) electrons. The van der Waals surface area contributed by atoms with E-state index in [4.69, 9.17) is 0 Å². The second kappa shape index (κ2) is 21.1. The zero-order chi connectivity index (χ0) is 45.7. The third-order valence-electron chi connectivity index (χ3n) is 9.39. The van der Waals surface area contributed by atoms with E-state index in [0.717, 1.165) is 35.1 Å². The van der Waals surface area contributed by atoms with Crippen molar-refractivity contribution in [3.05, 3.63) is 186 Å². The van der Waals surface area contributed by atoms with Crippen LogP contribution in [-0.2, 0) is 33.3 Å². The lowest BCUT2D eigenvalue weighted by Crippen LogP contribution is -2.32. The molecule has 0 spiro atoms. The van der Waals surface area contributed by atoms with Gasteiger partial charge in [0.15, 0.2) is 18.6 Å². The van der Waals surface area contributed by atoms with Crippen LogP contribution >= 0.6 is 0 Å². The zero-order valence-corrected chi connectivity index (χ0v) is 36.4. The van der Waals surface area contributed by atoms with Crippen molar-refractivity contribution >= 4 is 65.9 Å². The number of carbonyl (C=O) groups excluding carboxylic acids is 3. The van der Waals surface area contributed by atoms with Gasteiger partial charge >= 0.3 is 0 Å². The second-order valence-electron chi connectivity index (χ2n) is 14.0. The van der Waals surface area contributed by atoms with Crippen LogP contribution in [0, 0.1) is 13.8 Å². The number of aryl methyl sites for hydroxylation is 4. The number of carbonyl (C=O) groups is 3. The number of amides is 3. The fraction of sp³-hybridized carbons (Fsp3) is 0.128. The maximum atomic E-state index is 12.8. The molecule has 7 aromatic rings. The van der Waals surface area contributed by atoms with Gasteiger partial charge in [-0.2, -0.15) is 4.57 Å². The Morgan fingerprint density at radius 2 is 0.937 bits per heavy atom. The van der Waals surface area contributed by atoms with Gasteiger partial charge < -0.3 is 25.1 Å². The molecular formula is C47H45N5O9S2. The van der Waals surface area contributed by atoms with Gasteiger partial charge in [0, 0.05) is 51.8 Å². The molecule has 0 aliphatic heterocycles. The molecule has 2 heterocycles. The Balaban J connectivity index is 0.000000276. The topological polar surface area (TPSA) is 209 Å². The summed E-state index contributed by atoms with van der Waals surface area (Å²) in [6.07, 6.45) is 5.73. The maximum Gasteiger partial charge on any atom is 0.261 e. The summed E-state index contributed by atoms with van der Waals surface area (Å²) in [4.78, 5) is 37.8. The molecule has 2 aromatic heterocycles. The first-order chi connectivity index (χ1) is 29.9. The Labute approximate surface area is 366 Å². The number of pyridine rings is 2. The third kappa shape index (κ3) is 13.7. The summed E-state index contributed by atoms with van der Waals surface area (Å²) in [6.45, 7) is 9.37. The molecule has 16 heteroatoms. The minimum absolute atomic E-state index is 0.178. The number of hydrogen-bond donors (Lipinski definition) is 3. The predicted octanol–water partition coefficient (Wildman–Crippen LogP) is 7.01. The monoisotopic (exact) mass is 887 g/mol. The van der Waals surface area contributed by atoms with Gasteiger partial charge in [0.2, 0.25) is 5.52 Å². The number of fused-ring (bicyclic) bond motifs is 1. The molecule has 0 unspecified atom stereocenters. The first-order valence-corrected chi connectivity index (χ1v) is 22.4. The lowest BCUT2D eigenvalue weighted by atomic mass is 10.1. The highest BCUT2D eigenvalue weighted by molar-refractivity contribution is 7.86. The van der Waals surface area contributed by atoms with Crippen LogP contribution in [0.15, 0.2) is 168 Å². The molecule has 0 atom stereocenters. The van der Waals surface area contributed by atoms with E-state index in [-0.39, 0.29) is 27.5 Å². The minimum atomic E-state index is -4.27. The average molecular weight is 888 g/mol. The van der Waals surface area contributed by atoms with E-state index in [0.29, 0.717) is 33.8 Å². The minimum Gasteiger partial charge on any atom is -0.744 e. The zero-order valence-electron chi connectivity index (χ0n) is 34.8. The van der Waals surface area contributed by atoms with Crippen LogP contribution in [0.1, 0.15) is 56.0 Å². The molecule has 0 fully saturated rings. The van der Waals surface area contributed by atoms with Crippen LogP contribution < -0.4 is 25.1 Å². The number of nitrogens with one attached hydrogen (secondary N) is 3. The Hall–Kier alpha value is -7.11. The highest BCUT2D eigenvalue weighted by Gasteiger charge is 2.14. The molecule has 3 N–H and O–H groups in total. The largest absolute Gasteiger partial charge is 0.744 e. The van der Waals surface area contributed by atoms with Crippen molar-refractivity contribution in [1.82, 2.24) is 0 Å². The Kier molecular flexibility index (Phi) is 15.7. The van der Waals surface area contributed by atoms with Gasteiger partial charge in [-0.1, -0.05) is 35.4 Å². The standard InChI is InChI=1S/C33H29N5O3.2C7H8O3S/c1-3-37-19-5-8-26(22-37)33(41)35-28-15-13-27(14-16-28)34-31(39)23-9-11-24(12-10-23)32(40)36-29-17-18-30-25(21-29)7-6-20-38(30)4-2;2*1-6-2-4-7(5-3-6)11(8,9)10/h5-22H,3-4H2,1-2H3,(H-2,34,35,36,39,40,41);2*2-5H,1H3,(H,8,9,10). The fourth-order valence-corrected chi connectivity index (χ4v) is 6.86. The van der Waals surface area contributed by atoms with E-state index in [9.17, 15) is 40.3 Å². The average Bonchev–Trinajstić information content (AvgIpc) is 3.27. The van der Waals surface area contributed by atoms with Gasteiger partial charge in [0.05, 0.1) is 9.79 Å². The van der Waals surface area contributed by atoms with E-state index in [2.05, 4.69) is 27.4 Å². The van der Waals surface area contributed by atoms with E-state index >= 15 is 0 Å². The van der Waals surface area contributed by atoms with E-state index in [1.54, 1.807) is 85.1 Å². The van der Waals surface area contributed by atoms with E-state index < -0.39 is 20.2 Å². The van der Waals surface area contributed by atoms with Gasteiger partial charge in [0.1, 0.15) is 38.9 Å². The van der Waals surface area contributed by atoms with Crippen molar-refractivity contribution < 1.29 is 49.5 Å². The molecule has 324 valence electrons. The first kappa shape index (κ1) is 46.9. The third-order valence-corrected chi connectivity index (χ3v) is 11.1. The molecule has 0 bridgehead atoms. The summed E-state index contributed by atoms with van der Waals surface area (Å²) < 4.78 is 66.4. The van der Waals surface area contributed by atoms with Crippen molar-refractivity contribution in [2.75, 3.05) is 16.0 Å². The molecule has 0 saturated heterocycles. The molecule has 0 saturated carbocycles. The summed E-state index contributed by atoms with van der Waals surface area (Å²) in [7, 11) is -8.54. The number of anilines is 3. The lowest BCUT2D eigenvalue weighted by molar-refractivity contribution is -0.693. The van der Waals surface area contributed by atoms with Gasteiger partial charge in [-0.25, -0.2) is 21.4 Å². The normalized spacial score (nSPS) is 11.0. The molecular weight excluding hydrogens is 843 g/mol. The van der Waals surface area contributed by atoms with Gasteiger partial charge in [0.25, 0.3) is 17.7 Å². The highest BCUT2D eigenvalue weighted by Crippen LogP contribution is 2.19.